The van der Waals surface area contributed by atoms with Crippen LogP contribution >= 0.6 is 11.3 Å². The number of aliphatic hydroxyl groups is 1. The Bertz CT molecular complexity index is 1030. The lowest BCUT2D eigenvalue weighted by Crippen LogP contribution is -2.67. The Hall–Kier alpha value is -1.51. The van der Waals surface area contributed by atoms with Crippen molar-refractivity contribution < 1.29 is 13.5 Å². The third-order valence-corrected chi connectivity index (χ3v) is 10.4. The van der Waals surface area contributed by atoms with Crippen molar-refractivity contribution in [1.82, 2.24) is 9.21 Å². The monoisotopic (exact) mass is 458 g/mol. The highest BCUT2D eigenvalue weighted by Crippen LogP contribution is 2.43. The van der Waals surface area contributed by atoms with E-state index < -0.39 is 10.0 Å². The first kappa shape index (κ1) is 21.3. The van der Waals surface area contributed by atoms with E-state index >= 15 is 0 Å². The molecular weight excluding hydrogens is 428 g/mol. The van der Waals surface area contributed by atoms with Crippen LogP contribution < -0.4 is 0 Å². The zero-order valence-electron chi connectivity index (χ0n) is 17.7. The number of sulfonamides is 1. The van der Waals surface area contributed by atoms with Crippen molar-refractivity contribution in [3.63, 3.8) is 0 Å². The van der Waals surface area contributed by atoms with Crippen LogP contribution in [0.3, 0.4) is 0 Å². The number of nitrogens with zero attached hydrogens (tertiary/aromatic N) is 2. The summed E-state index contributed by atoms with van der Waals surface area (Å²) in [5, 5.41) is 12.0. The molecule has 0 spiro atoms. The number of benzene rings is 1. The van der Waals surface area contributed by atoms with Gasteiger partial charge in [0.2, 0.25) is 0 Å². The van der Waals surface area contributed by atoms with Gasteiger partial charge in [0.1, 0.15) is 4.21 Å². The molecule has 1 aromatic carbocycles. The van der Waals surface area contributed by atoms with Gasteiger partial charge in [-0.1, -0.05) is 36.4 Å². The first-order chi connectivity index (χ1) is 15.1. The third-order valence-electron chi connectivity index (χ3n) is 7.13. The second-order valence-corrected chi connectivity index (χ2v) is 11.9. The average Bonchev–Trinajstić information content (AvgIpc) is 3.47. The van der Waals surface area contributed by atoms with Crippen LogP contribution in [0.2, 0.25) is 0 Å². The highest BCUT2D eigenvalue weighted by Gasteiger charge is 2.50. The second kappa shape index (κ2) is 8.79. The molecule has 0 radical (unpaired) electrons. The maximum Gasteiger partial charge on any atom is 0.252 e. The molecule has 3 aliphatic rings. The van der Waals surface area contributed by atoms with Crippen LogP contribution in [-0.2, 0) is 10.0 Å². The number of rotatable bonds is 5. The lowest BCUT2D eigenvalue weighted by molar-refractivity contribution is -0.0553. The van der Waals surface area contributed by atoms with Crippen LogP contribution in [-0.4, -0.2) is 61.1 Å². The van der Waals surface area contributed by atoms with Crippen molar-refractivity contribution in [2.45, 2.75) is 54.3 Å². The predicted octanol–water partition coefficient (Wildman–Crippen LogP) is 3.93. The maximum absolute atomic E-state index is 13.2. The smallest absolute Gasteiger partial charge is 0.252 e. The first-order valence-corrected chi connectivity index (χ1v) is 13.6. The molecule has 0 saturated carbocycles. The standard InChI is InChI=1S/C24H30N2O3S2/c27-17-22-24(20-11-9-19(10-12-20)18-6-1-2-7-18)21-16-25(13-3-4-14-26(21)22)31(28,29)23-8-5-15-30-23/h5-6,8-12,15,21-22,24,27H,1-4,7,13-14,16-17H2/t21-,22-,24+/m0/s1. The first-order valence-electron chi connectivity index (χ1n) is 11.3. The molecule has 3 heterocycles. The summed E-state index contributed by atoms with van der Waals surface area (Å²) in [7, 11) is -3.47. The number of aliphatic hydroxyl groups excluding tert-OH is 1. The van der Waals surface area contributed by atoms with E-state index in [2.05, 4.69) is 35.2 Å². The summed E-state index contributed by atoms with van der Waals surface area (Å²) in [5.74, 6) is 0.149. The minimum Gasteiger partial charge on any atom is -0.395 e. The van der Waals surface area contributed by atoms with Crippen molar-refractivity contribution >= 4 is 26.9 Å². The Morgan fingerprint density at radius 2 is 1.87 bits per heavy atom. The summed E-state index contributed by atoms with van der Waals surface area (Å²) in [6, 6.07) is 12.4. The summed E-state index contributed by atoms with van der Waals surface area (Å²) in [6.07, 6.45) is 7.67. The average molecular weight is 459 g/mol. The Balaban J connectivity index is 1.41. The van der Waals surface area contributed by atoms with Crippen molar-refractivity contribution in [2.75, 3.05) is 26.2 Å². The van der Waals surface area contributed by atoms with E-state index in [-0.39, 0.29) is 24.6 Å². The quantitative estimate of drug-likeness (QED) is 0.738. The van der Waals surface area contributed by atoms with Crippen LogP contribution in [0.15, 0.2) is 52.1 Å². The Morgan fingerprint density at radius 3 is 2.55 bits per heavy atom. The molecule has 5 nitrogen and oxygen atoms in total. The minimum absolute atomic E-state index is 0.0611. The van der Waals surface area contributed by atoms with Gasteiger partial charge < -0.3 is 5.11 Å². The highest BCUT2D eigenvalue weighted by molar-refractivity contribution is 7.91. The van der Waals surface area contributed by atoms with Gasteiger partial charge in [-0.3, -0.25) is 4.90 Å². The molecule has 3 atom stereocenters. The molecule has 2 fully saturated rings. The largest absolute Gasteiger partial charge is 0.395 e. The fourth-order valence-corrected chi connectivity index (χ4v) is 8.16. The van der Waals surface area contributed by atoms with E-state index in [1.165, 1.54) is 34.5 Å². The van der Waals surface area contributed by atoms with Gasteiger partial charge in [0, 0.05) is 31.1 Å². The van der Waals surface area contributed by atoms with Crippen LogP contribution in [0.5, 0.6) is 0 Å². The molecule has 1 aliphatic carbocycles. The van der Waals surface area contributed by atoms with E-state index in [4.69, 9.17) is 0 Å². The molecule has 0 unspecified atom stereocenters. The third kappa shape index (κ3) is 3.91. The van der Waals surface area contributed by atoms with Gasteiger partial charge in [-0.15, -0.1) is 11.3 Å². The van der Waals surface area contributed by atoms with Gasteiger partial charge >= 0.3 is 0 Å². The normalized spacial score (nSPS) is 27.8. The molecule has 0 amide bonds. The van der Waals surface area contributed by atoms with Gasteiger partial charge in [0.15, 0.2) is 0 Å². The molecule has 31 heavy (non-hydrogen) atoms. The van der Waals surface area contributed by atoms with Gasteiger partial charge in [-0.05, 0) is 66.8 Å². The van der Waals surface area contributed by atoms with Crippen molar-refractivity contribution in [3.8, 4) is 0 Å². The molecule has 166 valence electrons. The summed E-state index contributed by atoms with van der Waals surface area (Å²) < 4.78 is 28.6. The summed E-state index contributed by atoms with van der Waals surface area (Å²) in [5.41, 5.74) is 3.92. The molecule has 2 aliphatic heterocycles. The zero-order chi connectivity index (χ0) is 21.4. The lowest BCUT2D eigenvalue weighted by Gasteiger charge is -2.57. The second-order valence-electron chi connectivity index (χ2n) is 8.83. The Labute approximate surface area is 189 Å². The van der Waals surface area contributed by atoms with Crippen molar-refractivity contribution in [3.05, 3.63) is 59.0 Å². The van der Waals surface area contributed by atoms with Gasteiger partial charge in [-0.2, -0.15) is 4.31 Å². The Morgan fingerprint density at radius 1 is 1.06 bits per heavy atom. The van der Waals surface area contributed by atoms with Crippen molar-refractivity contribution in [1.29, 1.82) is 0 Å². The molecule has 1 N–H and O–H groups in total. The molecule has 7 heteroatoms. The van der Waals surface area contributed by atoms with Crippen LogP contribution in [0, 0.1) is 0 Å². The summed E-state index contributed by atoms with van der Waals surface area (Å²) >= 11 is 1.28. The maximum atomic E-state index is 13.2. The van der Waals surface area contributed by atoms with Gasteiger partial charge in [0.05, 0.1) is 6.61 Å². The SMILES string of the molecule is O=S(=O)(c1cccs1)N1CCCCN2[C@@H](CO)[C@H](c3ccc(C4=CCCC4)cc3)[C@@H]2C1. The number of fused-ring (bicyclic) bond motifs is 1. The highest BCUT2D eigenvalue weighted by atomic mass is 32.2. The molecule has 2 saturated heterocycles. The number of hydrogen-bond acceptors (Lipinski definition) is 5. The number of hydrogen-bond donors (Lipinski definition) is 1. The zero-order valence-corrected chi connectivity index (χ0v) is 19.3. The number of thiophene rings is 1. The lowest BCUT2D eigenvalue weighted by atomic mass is 9.74. The van der Waals surface area contributed by atoms with E-state index in [1.54, 1.807) is 16.4 Å². The minimum atomic E-state index is -3.47. The van der Waals surface area contributed by atoms with E-state index in [1.807, 2.05) is 5.38 Å². The van der Waals surface area contributed by atoms with Gasteiger partial charge in [0.25, 0.3) is 10.0 Å². The van der Waals surface area contributed by atoms with Crippen LogP contribution in [0.4, 0.5) is 0 Å². The molecule has 5 rings (SSSR count). The molecule has 2 aromatic rings. The van der Waals surface area contributed by atoms with E-state index in [9.17, 15) is 13.5 Å². The summed E-state index contributed by atoms with van der Waals surface area (Å²) in [6.45, 7) is 2.07. The predicted molar refractivity (Wildman–Crippen MR) is 125 cm³/mol. The molecule has 1 aromatic heterocycles. The molecular formula is C24H30N2O3S2. The molecule has 0 bridgehead atoms. The fourth-order valence-electron chi connectivity index (χ4n) is 5.52. The van der Waals surface area contributed by atoms with Crippen LogP contribution in [0.25, 0.3) is 5.57 Å². The summed E-state index contributed by atoms with van der Waals surface area (Å²) in [4.78, 5) is 2.33. The van der Waals surface area contributed by atoms with Gasteiger partial charge in [-0.25, -0.2) is 8.42 Å². The van der Waals surface area contributed by atoms with Crippen LogP contribution in [0.1, 0.15) is 49.1 Å². The van der Waals surface area contributed by atoms with E-state index in [0.717, 1.165) is 32.2 Å². The van der Waals surface area contributed by atoms with E-state index in [0.29, 0.717) is 17.3 Å². The fraction of sp³-hybridized carbons (Fsp3) is 0.500. The topological polar surface area (TPSA) is 60.9 Å². The van der Waals surface area contributed by atoms with Crippen molar-refractivity contribution in [2.24, 2.45) is 0 Å². The number of allylic oxidation sites excluding steroid dienone is 2. The Kier molecular flexibility index (Phi) is 6.05.